The molecule has 20 heavy (non-hydrogen) atoms. The molecule has 0 aromatic heterocycles. The SMILES string of the molecule is O=S(=O)(O)c1cccc(S(=O)(=O)c2ccccc2)c1.[NaH]. The molecule has 5 nitrogen and oxygen atoms in total. The molecule has 0 bridgehead atoms. The molecule has 0 aliphatic carbocycles. The first kappa shape index (κ1) is 17.4. The molecule has 2 rings (SSSR count). The van der Waals surface area contributed by atoms with Crippen molar-refractivity contribution in [2.24, 2.45) is 0 Å². The first-order valence-electron chi connectivity index (χ1n) is 5.19. The van der Waals surface area contributed by atoms with Crippen LogP contribution in [0.1, 0.15) is 0 Å². The fraction of sp³-hybridized carbons (Fsp3) is 0. The van der Waals surface area contributed by atoms with E-state index in [0.717, 1.165) is 12.1 Å². The molecular weight excluding hydrogens is 311 g/mol. The third-order valence-corrected chi connectivity index (χ3v) is 5.08. The molecule has 0 heterocycles. The Hall–Kier alpha value is -0.700. The molecule has 0 saturated heterocycles. The van der Waals surface area contributed by atoms with E-state index in [0.29, 0.717) is 0 Å². The van der Waals surface area contributed by atoms with Crippen molar-refractivity contribution in [1.82, 2.24) is 0 Å². The van der Waals surface area contributed by atoms with Crippen LogP contribution in [0.3, 0.4) is 0 Å². The van der Waals surface area contributed by atoms with Crippen molar-refractivity contribution in [2.75, 3.05) is 0 Å². The van der Waals surface area contributed by atoms with E-state index in [9.17, 15) is 16.8 Å². The van der Waals surface area contributed by atoms with Crippen LogP contribution in [0, 0.1) is 0 Å². The fourth-order valence-corrected chi connectivity index (χ4v) is 3.47. The van der Waals surface area contributed by atoms with Gasteiger partial charge in [0.1, 0.15) is 0 Å². The second-order valence-electron chi connectivity index (χ2n) is 3.77. The van der Waals surface area contributed by atoms with Crippen LogP contribution >= 0.6 is 0 Å². The fourth-order valence-electron chi connectivity index (χ4n) is 1.54. The summed E-state index contributed by atoms with van der Waals surface area (Å²) < 4.78 is 55.4. The Balaban J connectivity index is 0.00000200. The summed E-state index contributed by atoms with van der Waals surface area (Å²) in [5, 5.41) is 0. The van der Waals surface area contributed by atoms with Gasteiger partial charge in [-0.1, -0.05) is 24.3 Å². The van der Waals surface area contributed by atoms with Gasteiger partial charge in [-0.2, -0.15) is 8.42 Å². The molecule has 2 aromatic carbocycles. The topological polar surface area (TPSA) is 88.5 Å². The molecule has 0 amide bonds. The van der Waals surface area contributed by atoms with Gasteiger partial charge in [-0.3, -0.25) is 4.55 Å². The molecule has 0 aliphatic rings. The number of rotatable bonds is 3. The first-order valence-corrected chi connectivity index (χ1v) is 8.12. The summed E-state index contributed by atoms with van der Waals surface area (Å²) in [5.41, 5.74) is 0. The Kier molecular flexibility index (Phi) is 5.54. The van der Waals surface area contributed by atoms with Crippen LogP contribution in [0.15, 0.2) is 69.3 Å². The Bertz CT molecular complexity index is 799. The van der Waals surface area contributed by atoms with Gasteiger partial charge in [-0.15, -0.1) is 0 Å². The van der Waals surface area contributed by atoms with Crippen LogP contribution in [-0.4, -0.2) is 50.9 Å². The second-order valence-corrected chi connectivity index (χ2v) is 7.14. The van der Waals surface area contributed by atoms with Crippen molar-refractivity contribution >= 4 is 49.5 Å². The predicted molar refractivity (Wildman–Crippen MR) is 75.3 cm³/mol. The summed E-state index contributed by atoms with van der Waals surface area (Å²) in [7, 11) is -8.23. The Morgan fingerprint density at radius 1 is 0.700 bits per heavy atom. The average molecular weight is 322 g/mol. The molecule has 1 N–H and O–H groups in total. The van der Waals surface area contributed by atoms with Crippen molar-refractivity contribution in [3.8, 4) is 0 Å². The van der Waals surface area contributed by atoms with Crippen molar-refractivity contribution in [1.29, 1.82) is 0 Å². The van der Waals surface area contributed by atoms with Gasteiger partial charge >= 0.3 is 29.6 Å². The van der Waals surface area contributed by atoms with Gasteiger partial charge < -0.3 is 0 Å². The van der Waals surface area contributed by atoms with Gasteiger partial charge in [0.25, 0.3) is 10.1 Å². The van der Waals surface area contributed by atoms with Gasteiger partial charge in [0, 0.05) is 0 Å². The quantitative estimate of drug-likeness (QED) is 0.676. The van der Waals surface area contributed by atoms with Crippen LogP contribution in [0.4, 0.5) is 0 Å². The van der Waals surface area contributed by atoms with E-state index in [1.807, 2.05) is 0 Å². The van der Waals surface area contributed by atoms with Crippen LogP contribution in [0.5, 0.6) is 0 Å². The van der Waals surface area contributed by atoms with E-state index in [2.05, 4.69) is 0 Å². The maximum absolute atomic E-state index is 12.2. The minimum atomic E-state index is -4.43. The van der Waals surface area contributed by atoms with E-state index in [1.54, 1.807) is 18.2 Å². The van der Waals surface area contributed by atoms with Crippen LogP contribution in [0.2, 0.25) is 0 Å². The summed E-state index contributed by atoms with van der Waals surface area (Å²) >= 11 is 0. The first-order chi connectivity index (χ1) is 8.82. The maximum atomic E-state index is 12.2. The minimum absolute atomic E-state index is 0. The summed E-state index contributed by atoms with van der Waals surface area (Å²) in [4.78, 5) is -0.583. The van der Waals surface area contributed by atoms with Crippen LogP contribution in [0.25, 0.3) is 0 Å². The zero-order valence-electron chi connectivity index (χ0n) is 9.59. The van der Waals surface area contributed by atoms with Gasteiger partial charge in [0.05, 0.1) is 14.7 Å². The van der Waals surface area contributed by atoms with Gasteiger partial charge in [0.15, 0.2) is 0 Å². The molecular formula is C12H11NaO5S2. The van der Waals surface area contributed by atoms with E-state index in [1.165, 1.54) is 24.3 Å². The molecule has 0 unspecified atom stereocenters. The third kappa shape index (κ3) is 3.69. The van der Waals surface area contributed by atoms with Crippen molar-refractivity contribution in [2.45, 2.75) is 14.7 Å². The number of hydrogen-bond donors (Lipinski definition) is 1. The molecule has 0 aliphatic heterocycles. The number of sulfone groups is 1. The Morgan fingerprint density at radius 3 is 1.75 bits per heavy atom. The van der Waals surface area contributed by atoms with Crippen molar-refractivity contribution in [3.63, 3.8) is 0 Å². The molecule has 0 radical (unpaired) electrons. The zero-order chi connectivity index (χ0) is 14.1. The monoisotopic (exact) mass is 322 g/mol. The van der Waals surface area contributed by atoms with E-state index in [-0.39, 0.29) is 39.3 Å². The normalized spacial score (nSPS) is 11.7. The van der Waals surface area contributed by atoms with Crippen molar-refractivity contribution in [3.05, 3.63) is 54.6 Å². The summed E-state index contributed by atoms with van der Waals surface area (Å²) in [5.74, 6) is 0. The van der Waals surface area contributed by atoms with Gasteiger partial charge in [-0.25, -0.2) is 8.42 Å². The molecule has 0 fully saturated rings. The average Bonchev–Trinajstić information content (AvgIpc) is 2.39. The molecule has 8 heteroatoms. The Labute approximate surface area is 139 Å². The Morgan fingerprint density at radius 2 is 1.20 bits per heavy atom. The van der Waals surface area contributed by atoms with E-state index >= 15 is 0 Å². The standard InChI is InChI=1S/C12H10O5S2.Na.H/c13-18(14,10-5-2-1-3-6-10)11-7-4-8-12(9-11)19(15,16)17;;/h1-9H,(H,15,16,17);;. The molecule has 0 spiro atoms. The van der Waals surface area contributed by atoms with E-state index < -0.39 is 24.9 Å². The molecule has 0 atom stereocenters. The zero-order valence-corrected chi connectivity index (χ0v) is 11.2. The van der Waals surface area contributed by atoms with Gasteiger partial charge in [-0.05, 0) is 30.3 Å². The second kappa shape index (κ2) is 6.38. The van der Waals surface area contributed by atoms with E-state index in [4.69, 9.17) is 4.55 Å². The molecule has 2 aromatic rings. The number of benzene rings is 2. The summed E-state index contributed by atoms with van der Waals surface area (Å²) in [6.45, 7) is 0. The summed E-state index contributed by atoms with van der Waals surface area (Å²) in [6, 6.07) is 12.2. The van der Waals surface area contributed by atoms with Crippen molar-refractivity contribution < 1.29 is 21.4 Å². The van der Waals surface area contributed by atoms with Crippen LogP contribution in [-0.2, 0) is 20.0 Å². The molecule has 102 valence electrons. The summed E-state index contributed by atoms with van der Waals surface area (Å²) in [6.07, 6.45) is 0. The predicted octanol–water partition coefficient (Wildman–Crippen LogP) is 1.12. The molecule has 0 saturated carbocycles. The number of hydrogen-bond acceptors (Lipinski definition) is 4. The van der Waals surface area contributed by atoms with Crippen LogP contribution < -0.4 is 0 Å². The third-order valence-electron chi connectivity index (χ3n) is 2.47. The van der Waals surface area contributed by atoms with Gasteiger partial charge in [0.2, 0.25) is 9.84 Å².